The lowest BCUT2D eigenvalue weighted by Crippen LogP contribution is -2.29. The van der Waals surface area contributed by atoms with E-state index < -0.39 is 0 Å². The van der Waals surface area contributed by atoms with Crippen LogP contribution < -0.4 is 0 Å². The van der Waals surface area contributed by atoms with Crippen LogP contribution in [0.1, 0.15) is 23.4 Å². The Morgan fingerprint density at radius 3 is 2.50 bits per heavy atom. The Morgan fingerprint density at radius 2 is 1.82 bits per heavy atom. The lowest BCUT2D eigenvalue weighted by atomic mass is 10.1. The first-order chi connectivity index (χ1) is 10.5. The molecule has 0 N–H and O–H groups in total. The zero-order valence-corrected chi connectivity index (χ0v) is 12.8. The number of halogens is 2. The second kappa shape index (κ2) is 6.08. The topological polar surface area (TPSA) is 20.3 Å². The van der Waals surface area contributed by atoms with Crippen LogP contribution in [-0.2, 0) is 11.3 Å². The van der Waals surface area contributed by atoms with Gasteiger partial charge in [0.15, 0.2) is 0 Å². The summed E-state index contributed by atoms with van der Waals surface area (Å²) in [5.74, 6) is -0.601. The molecule has 0 spiro atoms. The van der Waals surface area contributed by atoms with Crippen LogP contribution in [0.15, 0.2) is 48.5 Å². The first kappa shape index (κ1) is 15.0. The fourth-order valence-electron chi connectivity index (χ4n) is 2.54. The molecule has 0 aliphatic carbocycles. The summed E-state index contributed by atoms with van der Waals surface area (Å²) in [6.07, 6.45) is 0. The quantitative estimate of drug-likeness (QED) is 0.848. The average molecular weight is 319 g/mol. The highest BCUT2D eigenvalue weighted by Gasteiger charge is 2.38. The number of carbonyl (C=O) groups excluding carboxylic acids is 1. The maximum absolute atomic E-state index is 13.5. The number of thioether (sulfide) groups is 1. The van der Waals surface area contributed by atoms with Gasteiger partial charge in [0, 0.05) is 6.54 Å². The van der Waals surface area contributed by atoms with Gasteiger partial charge in [0.2, 0.25) is 5.91 Å². The van der Waals surface area contributed by atoms with E-state index in [-0.39, 0.29) is 28.2 Å². The van der Waals surface area contributed by atoms with Crippen LogP contribution >= 0.6 is 11.8 Å². The molecule has 1 aliphatic rings. The van der Waals surface area contributed by atoms with Gasteiger partial charge in [-0.25, -0.2) is 8.78 Å². The van der Waals surface area contributed by atoms with Gasteiger partial charge >= 0.3 is 0 Å². The number of hydrogen-bond donors (Lipinski definition) is 0. The first-order valence-corrected chi connectivity index (χ1v) is 7.95. The van der Waals surface area contributed by atoms with Gasteiger partial charge < -0.3 is 4.90 Å². The number of amides is 1. The largest absolute Gasteiger partial charge is 0.321 e. The predicted molar refractivity (Wildman–Crippen MR) is 83.1 cm³/mol. The summed E-state index contributed by atoms with van der Waals surface area (Å²) >= 11 is 1.50. The smallest absolute Gasteiger partial charge is 0.236 e. The number of nitrogens with zero attached hydrogens (tertiary/aromatic N) is 1. The summed E-state index contributed by atoms with van der Waals surface area (Å²) in [6.45, 7) is 2.24. The number of benzene rings is 2. The molecule has 0 aromatic heterocycles. The average Bonchev–Trinajstić information content (AvgIpc) is 2.78. The Morgan fingerprint density at radius 1 is 1.09 bits per heavy atom. The van der Waals surface area contributed by atoms with Crippen molar-refractivity contribution in [1.29, 1.82) is 0 Å². The van der Waals surface area contributed by atoms with Gasteiger partial charge in [-0.3, -0.25) is 4.79 Å². The van der Waals surface area contributed by atoms with E-state index in [1.54, 1.807) is 23.1 Å². The molecule has 2 atom stereocenters. The Bertz CT molecular complexity index is 689. The van der Waals surface area contributed by atoms with Gasteiger partial charge in [-0.15, -0.1) is 11.8 Å². The molecule has 0 bridgehead atoms. The van der Waals surface area contributed by atoms with Crippen LogP contribution in [0, 0.1) is 11.6 Å². The molecule has 0 saturated carbocycles. The van der Waals surface area contributed by atoms with Gasteiger partial charge in [-0.05, 0) is 42.3 Å². The maximum Gasteiger partial charge on any atom is 0.236 e. The minimum absolute atomic E-state index is 0.0172. The van der Waals surface area contributed by atoms with Gasteiger partial charge in [0.05, 0.1) is 5.25 Å². The van der Waals surface area contributed by atoms with Crippen molar-refractivity contribution in [2.24, 2.45) is 0 Å². The van der Waals surface area contributed by atoms with Gasteiger partial charge in [0.1, 0.15) is 17.0 Å². The van der Waals surface area contributed by atoms with E-state index in [0.29, 0.717) is 6.54 Å². The molecule has 0 radical (unpaired) electrons. The van der Waals surface area contributed by atoms with Crippen LogP contribution in [0.25, 0.3) is 0 Å². The molecule has 1 amide bonds. The fourth-order valence-corrected chi connectivity index (χ4v) is 3.81. The molecule has 1 saturated heterocycles. The van der Waals surface area contributed by atoms with E-state index >= 15 is 0 Å². The summed E-state index contributed by atoms with van der Waals surface area (Å²) in [6, 6.07) is 12.4. The summed E-state index contributed by atoms with van der Waals surface area (Å²) in [5.41, 5.74) is 1.62. The van der Waals surface area contributed by atoms with Crippen LogP contribution in [0.4, 0.5) is 8.78 Å². The molecule has 114 valence electrons. The Hall–Kier alpha value is -1.88. The zero-order valence-electron chi connectivity index (χ0n) is 12.0. The van der Waals surface area contributed by atoms with Gasteiger partial charge in [0.25, 0.3) is 0 Å². The second-order valence-corrected chi connectivity index (χ2v) is 6.70. The predicted octanol–water partition coefficient (Wildman–Crippen LogP) is 4.13. The normalized spacial score (nSPS) is 21.4. The first-order valence-electron chi connectivity index (χ1n) is 7.00. The van der Waals surface area contributed by atoms with E-state index in [4.69, 9.17) is 0 Å². The lowest BCUT2D eigenvalue weighted by molar-refractivity contribution is -0.130. The monoisotopic (exact) mass is 319 g/mol. The molecule has 22 heavy (non-hydrogen) atoms. The van der Waals surface area contributed by atoms with Crippen LogP contribution in [0.3, 0.4) is 0 Å². The van der Waals surface area contributed by atoms with E-state index in [2.05, 4.69) is 0 Å². The van der Waals surface area contributed by atoms with Crippen molar-refractivity contribution < 1.29 is 13.6 Å². The molecule has 1 heterocycles. The van der Waals surface area contributed by atoms with Gasteiger partial charge in [-0.1, -0.05) is 24.3 Å². The fraction of sp³-hybridized carbons (Fsp3) is 0.235. The Kier molecular flexibility index (Phi) is 4.16. The van der Waals surface area contributed by atoms with E-state index in [1.807, 2.05) is 13.0 Å². The van der Waals surface area contributed by atoms with Crippen molar-refractivity contribution in [1.82, 2.24) is 4.90 Å². The van der Waals surface area contributed by atoms with Crippen molar-refractivity contribution in [3.05, 3.63) is 71.3 Å². The van der Waals surface area contributed by atoms with E-state index in [0.717, 1.165) is 11.1 Å². The van der Waals surface area contributed by atoms with E-state index in [1.165, 1.54) is 36.0 Å². The maximum atomic E-state index is 13.5. The molecule has 3 rings (SSSR count). The highest BCUT2D eigenvalue weighted by atomic mass is 32.2. The van der Waals surface area contributed by atoms with Crippen LogP contribution in [-0.4, -0.2) is 16.1 Å². The summed E-state index contributed by atoms with van der Waals surface area (Å²) in [7, 11) is 0. The van der Waals surface area contributed by atoms with E-state index in [9.17, 15) is 13.6 Å². The molecule has 2 aromatic rings. The number of carbonyl (C=O) groups is 1. The van der Waals surface area contributed by atoms with Gasteiger partial charge in [-0.2, -0.15) is 0 Å². The molecular formula is C17H15F2NOS. The lowest BCUT2D eigenvalue weighted by Gasteiger charge is -2.24. The zero-order chi connectivity index (χ0) is 15.7. The molecule has 1 aliphatic heterocycles. The summed E-state index contributed by atoms with van der Waals surface area (Å²) in [5, 5.41) is -0.392. The summed E-state index contributed by atoms with van der Waals surface area (Å²) in [4.78, 5) is 14.1. The van der Waals surface area contributed by atoms with Crippen molar-refractivity contribution in [2.75, 3.05) is 0 Å². The number of hydrogen-bond acceptors (Lipinski definition) is 2. The minimum atomic E-state index is -0.313. The Labute approximate surface area is 132 Å². The highest BCUT2D eigenvalue weighted by molar-refractivity contribution is 8.01. The third-order valence-corrected chi connectivity index (χ3v) is 5.04. The molecule has 2 nitrogen and oxygen atoms in total. The molecule has 2 unspecified atom stereocenters. The minimum Gasteiger partial charge on any atom is -0.321 e. The second-order valence-electron chi connectivity index (χ2n) is 5.28. The van der Waals surface area contributed by atoms with Crippen LogP contribution in [0.2, 0.25) is 0 Å². The third-order valence-electron chi connectivity index (χ3n) is 3.65. The van der Waals surface area contributed by atoms with Crippen molar-refractivity contribution in [3.63, 3.8) is 0 Å². The Balaban J connectivity index is 1.88. The SMILES string of the molecule is CC1SC(c2cccc(F)c2)N(Cc2ccc(F)cc2)C1=O. The standard InChI is InChI=1S/C17H15F2NOS/c1-11-16(21)20(10-12-5-7-14(18)8-6-12)17(22-11)13-3-2-4-15(19)9-13/h2-9,11,17H,10H2,1H3. The molecule has 5 heteroatoms. The van der Waals surface area contributed by atoms with Crippen molar-refractivity contribution in [2.45, 2.75) is 24.1 Å². The highest BCUT2D eigenvalue weighted by Crippen LogP contribution is 2.43. The third kappa shape index (κ3) is 2.99. The molecule has 2 aromatic carbocycles. The summed E-state index contributed by atoms with van der Waals surface area (Å²) < 4.78 is 26.5. The van der Waals surface area contributed by atoms with Crippen molar-refractivity contribution in [3.8, 4) is 0 Å². The van der Waals surface area contributed by atoms with Crippen molar-refractivity contribution >= 4 is 17.7 Å². The number of rotatable bonds is 3. The molecule has 1 fully saturated rings. The van der Waals surface area contributed by atoms with Crippen LogP contribution in [0.5, 0.6) is 0 Å². The molecular weight excluding hydrogens is 304 g/mol.